The molecule has 12 heteroatoms. The van der Waals surface area contributed by atoms with E-state index in [4.69, 9.17) is 0 Å². The van der Waals surface area contributed by atoms with Gasteiger partial charge in [0.05, 0.1) is 244 Å². The quantitative estimate of drug-likeness (QED) is 0.0256. The van der Waals surface area contributed by atoms with E-state index in [1.54, 1.807) is 39.2 Å². The summed E-state index contributed by atoms with van der Waals surface area (Å²) in [4.78, 5) is 18.9. The highest BCUT2D eigenvalue weighted by atomic mass is 15.1. The van der Waals surface area contributed by atoms with Gasteiger partial charge in [0.15, 0.2) is 0 Å². The molecule has 12 aromatic carbocycles. The van der Waals surface area contributed by atoms with Gasteiger partial charge in [-0.15, -0.1) is 0 Å². The summed E-state index contributed by atoms with van der Waals surface area (Å²) in [7, 11) is 34.8. The first-order valence-electron chi connectivity index (χ1n) is 52.6. The lowest BCUT2D eigenvalue weighted by Gasteiger charge is -2.08. The Labute approximate surface area is 874 Å². The number of rotatable bonds is 26. The van der Waals surface area contributed by atoms with Crippen LogP contribution in [0.4, 0.5) is 0 Å². The van der Waals surface area contributed by atoms with Gasteiger partial charge >= 0.3 is 0 Å². The maximum atomic E-state index is 2.25. The molecule has 0 heterocycles. The normalized spacial score (nSPS) is 10.4. The first-order valence-corrected chi connectivity index (χ1v) is 52.6. The van der Waals surface area contributed by atoms with Crippen LogP contribution < -0.4 is 58.8 Å². The minimum absolute atomic E-state index is 0. The molecule has 0 saturated heterocycles. The van der Waals surface area contributed by atoms with Gasteiger partial charge in [-0.2, -0.15) is 0 Å². The molecule has 12 aromatic rings. The Morgan fingerprint density at radius 1 is 0.121 bits per heavy atom. The topological polar surface area (TPSA) is 53.3 Å². The van der Waals surface area contributed by atoms with Crippen LogP contribution in [-0.2, 0) is 0 Å². The van der Waals surface area contributed by atoms with Gasteiger partial charge < -0.3 is 58.8 Å². The van der Waals surface area contributed by atoms with E-state index < -0.39 is 0 Å². The lowest BCUT2D eigenvalue weighted by Crippen LogP contribution is -3.08. The summed E-state index contributed by atoms with van der Waals surface area (Å²) in [5.41, 5.74) is 0. The molecule has 0 radical (unpaired) electrons. The molecule has 4 unspecified atom stereocenters. The van der Waals surface area contributed by atoms with Gasteiger partial charge in [-0.3, -0.25) is 0 Å². The zero-order chi connectivity index (χ0) is 102. The van der Waals surface area contributed by atoms with Gasteiger partial charge in [0.1, 0.15) is 0 Å². The molecule has 0 fully saturated rings. The molecule has 0 amide bonds. The molecule has 0 bridgehead atoms. The van der Waals surface area contributed by atoms with Crippen LogP contribution in [-0.4, -0.2) is 244 Å². The Bertz CT molecular complexity index is 3280. The fourth-order valence-corrected chi connectivity index (χ4v) is 10.3. The number of nitrogens with one attached hydrogen (secondary N) is 12. The number of benzene rings is 12. The Hall–Kier alpha value is -8.28. The fourth-order valence-electron chi connectivity index (χ4n) is 10.3. The van der Waals surface area contributed by atoms with Crippen molar-refractivity contribution in [3.8, 4) is 0 Å². The van der Waals surface area contributed by atoms with Gasteiger partial charge in [-0.25, -0.2) is 0 Å². The monoisotopic (exact) mass is 1950 g/mol. The molecule has 0 saturated carbocycles. The van der Waals surface area contributed by atoms with Gasteiger partial charge in [-0.05, 0) is 201 Å². The number of fused-ring (bicyclic) bond motifs is 6. The highest BCUT2D eigenvalue weighted by molar-refractivity contribution is 5.85. The standard InChI is InChI=1S/6C10H8.2C7H17N.2C6H15N.4C5H13N.4C4H11N.6CH4/c6*1-2-6-10-8-4-3-7-9(10)5-1;2*1-4-6-7-8(3)5-2;2*1-4-6-7(3)5-2;4*1-4-6(3)5-2;4*1-4-5(2)3;;;;;;/h6*1-8H;2*4-7H2,1-3H3;2*4-6H2,1-3H3;4*4-5H2,1-3H3;4*4H2,1-3H3;6*1H4/p+12. The molecule has 0 aliphatic heterocycles. The van der Waals surface area contributed by atoms with Crippen LogP contribution in [0.2, 0.25) is 0 Å². The molecule has 140 heavy (non-hydrogen) atoms. The molecule has 12 rings (SSSR count). The molecule has 12 nitrogen and oxygen atoms in total. The summed E-state index contributed by atoms with van der Waals surface area (Å²) in [5, 5.41) is 15.7. The Kier molecular flexibility index (Phi) is 130. The van der Waals surface area contributed by atoms with Crippen molar-refractivity contribution in [1.82, 2.24) is 0 Å². The van der Waals surface area contributed by atoms with Crippen LogP contribution in [0, 0.1) is 0 Å². The van der Waals surface area contributed by atoms with Crippen molar-refractivity contribution in [3.05, 3.63) is 291 Å². The summed E-state index contributed by atoms with van der Waals surface area (Å²) < 4.78 is 0. The summed E-state index contributed by atoms with van der Waals surface area (Å²) in [6.07, 6.45) is 8.02. The van der Waals surface area contributed by atoms with E-state index in [1.165, 1.54) is 254 Å². The summed E-state index contributed by atoms with van der Waals surface area (Å²) in [5.74, 6) is 0. The van der Waals surface area contributed by atoms with Crippen molar-refractivity contribution < 1.29 is 58.8 Å². The highest BCUT2D eigenvalue weighted by Gasteiger charge is 1.98. The van der Waals surface area contributed by atoms with Crippen LogP contribution in [0.25, 0.3) is 64.6 Å². The zero-order valence-corrected chi connectivity index (χ0v) is 94.1. The van der Waals surface area contributed by atoms with Crippen LogP contribution in [0.5, 0.6) is 0 Å². The smallest absolute Gasteiger partial charge is 0.0768 e. The fraction of sp³-hybridized carbons (Fsp3) is 0.531. The summed E-state index contributed by atoms with van der Waals surface area (Å²) in [6, 6.07) is 100. The maximum Gasteiger partial charge on any atom is 0.0768 e. The second-order valence-electron chi connectivity index (χ2n) is 35.9. The molecular formula is C128H244N12+12. The number of unbranched alkanes of at least 4 members (excludes halogenated alkanes) is 2. The van der Waals surface area contributed by atoms with E-state index in [0.29, 0.717) is 0 Å². The van der Waals surface area contributed by atoms with Crippen molar-refractivity contribution in [2.45, 2.75) is 222 Å². The van der Waals surface area contributed by atoms with Crippen LogP contribution >= 0.6 is 0 Å². The lowest BCUT2D eigenvalue weighted by atomic mass is 10.1. The third-order valence-corrected chi connectivity index (χ3v) is 23.3. The molecule has 0 aliphatic carbocycles. The van der Waals surface area contributed by atoms with Gasteiger partial charge in [0.2, 0.25) is 0 Å². The SMILES string of the molecule is C.C.C.C.C.C.CCCC[NH+](C)CC.CCCC[NH+](C)CC.CCC[NH+](C)CC.CCC[NH+](C)CC.CC[NH+](C)C.CC[NH+](C)C.CC[NH+](C)C.CC[NH+](C)C.CC[NH+](C)CC.CC[NH+](C)CC.CC[NH+](C)CC.CC[NH+](C)CC.c1ccc2ccccc2c1.c1ccc2ccccc2c1.c1ccc2ccccc2c1.c1ccc2ccccc2c1.c1ccc2ccccc2c1.c1ccc2ccccc2c1. The Morgan fingerprint density at radius 2 is 0.207 bits per heavy atom. The predicted molar refractivity (Wildman–Crippen MR) is 649 cm³/mol. The minimum atomic E-state index is 0. The van der Waals surface area contributed by atoms with Crippen molar-refractivity contribution >= 4 is 64.6 Å². The van der Waals surface area contributed by atoms with Crippen molar-refractivity contribution in [2.75, 3.05) is 244 Å². The number of hydrogen-bond donors (Lipinski definition) is 12. The first-order chi connectivity index (χ1) is 64.3. The largest absolute Gasteiger partial charge is 0.340 e. The number of quaternary nitrogens is 12. The van der Waals surface area contributed by atoms with Gasteiger partial charge in [0.25, 0.3) is 0 Å². The van der Waals surface area contributed by atoms with Gasteiger partial charge in [-0.1, -0.05) is 376 Å². The Morgan fingerprint density at radius 3 is 0.257 bits per heavy atom. The molecule has 0 spiro atoms. The Balaban J connectivity index is -0.000000124. The third kappa shape index (κ3) is 101. The van der Waals surface area contributed by atoms with Crippen LogP contribution in [0.1, 0.15) is 222 Å². The molecule has 12 N–H and O–H groups in total. The van der Waals surface area contributed by atoms with E-state index in [-0.39, 0.29) is 44.6 Å². The molecule has 804 valence electrons. The first kappa shape index (κ1) is 157. The van der Waals surface area contributed by atoms with Crippen molar-refractivity contribution in [2.24, 2.45) is 0 Å². The molecular weight excluding hydrogens is 1710 g/mol. The lowest BCUT2D eigenvalue weighted by molar-refractivity contribution is -0.877. The summed E-state index contributed by atoms with van der Waals surface area (Å²) in [6.45, 7) is 69.2. The van der Waals surface area contributed by atoms with Crippen molar-refractivity contribution in [3.63, 3.8) is 0 Å². The molecule has 0 aliphatic rings. The zero-order valence-electron chi connectivity index (χ0n) is 94.1. The van der Waals surface area contributed by atoms with Crippen LogP contribution in [0.15, 0.2) is 291 Å². The van der Waals surface area contributed by atoms with E-state index in [1.807, 2.05) is 0 Å². The predicted octanol–water partition coefficient (Wildman–Crippen LogP) is 16.1. The summed E-state index contributed by atoms with van der Waals surface area (Å²) >= 11 is 0. The van der Waals surface area contributed by atoms with E-state index in [9.17, 15) is 0 Å². The molecule has 4 atom stereocenters. The highest BCUT2D eigenvalue weighted by Crippen LogP contribution is 2.16. The average Bonchev–Trinajstić information content (AvgIpc) is 0.902. The second kappa shape index (κ2) is 116. The molecule has 0 aromatic heterocycles. The van der Waals surface area contributed by atoms with E-state index in [0.717, 1.165) is 0 Å². The third-order valence-electron chi connectivity index (χ3n) is 23.3. The second-order valence-corrected chi connectivity index (χ2v) is 35.9. The minimum Gasteiger partial charge on any atom is -0.340 e. The van der Waals surface area contributed by atoms with E-state index >= 15 is 0 Å². The average molecular weight is 1950 g/mol. The van der Waals surface area contributed by atoms with Crippen LogP contribution in [0.3, 0.4) is 0 Å². The maximum absolute atomic E-state index is 2.25. The van der Waals surface area contributed by atoms with E-state index in [2.05, 4.69) is 542 Å². The van der Waals surface area contributed by atoms with Crippen molar-refractivity contribution in [1.29, 1.82) is 0 Å². The number of hydrogen-bond acceptors (Lipinski definition) is 0. The van der Waals surface area contributed by atoms with Gasteiger partial charge in [0, 0.05) is 0 Å².